The summed E-state index contributed by atoms with van der Waals surface area (Å²) in [5, 5.41) is 10.7. The van der Waals surface area contributed by atoms with Crippen LogP contribution in [-0.2, 0) is 11.0 Å². The fourth-order valence-corrected chi connectivity index (χ4v) is 1.90. The first kappa shape index (κ1) is 16.5. The predicted octanol–water partition coefficient (Wildman–Crippen LogP) is 1.75. The van der Waals surface area contributed by atoms with Crippen LogP contribution in [0.2, 0.25) is 0 Å². The Morgan fingerprint density at radius 1 is 1.30 bits per heavy atom. The van der Waals surface area contributed by atoms with Crippen LogP contribution in [0.4, 0.5) is 13.2 Å². The minimum Gasteiger partial charge on any atom is -0.480 e. The molecule has 1 atom stereocenters. The van der Waals surface area contributed by atoms with Gasteiger partial charge in [0.1, 0.15) is 11.6 Å². The summed E-state index contributed by atoms with van der Waals surface area (Å²) in [5.74, 6) is -2.21. The molecule has 0 saturated carbocycles. The van der Waals surface area contributed by atoms with Crippen molar-refractivity contribution < 1.29 is 27.9 Å². The third-order valence-electron chi connectivity index (χ3n) is 3.17. The number of benzene rings is 1. The number of carboxylic acid groups (broad SMARTS) is 1. The molecule has 2 rings (SSSR count). The number of alkyl halides is 3. The molecule has 0 radical (unpaired) electrons. The summed E-state index contributed by atoms with van der Waals surface area (Å²) >= 11 is 0. The van der Waals surface area contributed by atoms with Gasteiger partial charge in [0.15, 0.2) is 0 Å². The molecule has 0 bridgehead atoms. The number of amides is 1. The fourth-order valence-electron chi connectivity index (χ4n) is 1.90. The number of aromatic amines is 1. The van der Waals surface area contributed by atoms with Gasteiger partial charge in [-0.15, -0.1) is 0 Å². The van der Waals surface area contributed by atoms with E-state index in [0.717, 1.165) is 24.4 Å². The van der Waals surface area contributed by atoms with Crippen molar-refractivity contribution in [2.75, 3.05) is 0 Å². The number of nitrogens with one attached hydrogen (secondary N) is 2. The second-order valence-electron chi connectivity index (χ2n) is 4.82. The van der Waals surface area contributed by atoms with Crippen LogP contribution >= 0.6 is 0 Å². The standard InChI is InChI=1S/C14H11F3N2O4/c1-6(13(22)23)19-12(21)9-5-18-10-4-7(14(15,16)17)2-3-8(10)11(9)20/h2-6H,1H3,(H,18,20)(H,19,21)(H,22,23)/t6-/m0/s1. The van der Waals surface area contributed by atoms with Crippen LogP contribution in [0.1, 0.15) is 22.8 Å². The van der Waals surface area contributed by atoms with Crippen LogP contribution in [0.25, 0.3) is 10.9 Å². The van der Waals surface area contributed by atoms with Crippen molar-refractivity contribution in [3.05, 3.63) is 45.7 Å². The fraction of sp³-hybridized carbons (Fsp3) is 0.214. The first-order valence-electron chi connectivity index (χ1n) is 6.37. The smallest absolute Gasteiger partial charge is 0.416 e. The Morgan fingerprint density at radius 3 is 2.52 bits per heavy atom. The molecule has 9 heteroatoms. The van der Waals surface area contributed by atoms with Crippen molar-refractivity contribution in [3.63, 3.8) is 0 Å². The minimum absolute atomic E-state index is 0.0762. The lowest BCUT2D eigenvalue weighted by molar-refractivity contribution is -0.139. The van der Waals surface area contributed by atoms with Crippen molar-refractivity contribution in [1.29, 1.82) is 0 Å². The van der Waals surface area contributed by atoms with Gasteiger partial charge in [-0.1, -0.05) is 0 Å². The zero-order valence-electron chi connectivity index (χ0n) is 11.7. The molecule has 1 aromatic carbocycles. The Labute approximate surface area is 126 Å². The van der Waals surface area contributed by atoms with Gasteiger partial charge in [0.05, 0.1) is 5.56 Å². The van der Waals surface area contributed by atoms with E-state index in [1.807, 2.05) is 0 Å². The molecule has 23 heavy (non-hydrogen) atoms. The van der Waals surface area contributed by atoms with E-state index >= 15 is 0 Å². The van der Waals surface area contributed by atoms with E-state index in [0.29, 0.717) is 0 Å². The quantitative estimate of drug-likeness (QED) is 0.799. The number of aromatic nitrogens is 1. The second-order valence-corrected chi connectivity index (χ2v) is 4.82. The molecule has 0 aliphatic rings. The molecule has 1 heterocycles. The van der Waals surface area contributed by atoms with Gasteiger partial charge in [0.25, 0.3) is 5.91 Å². The van der Waals surface area contributed by atoms with E-state index < -0.39 is 35.1 Å². The highest BCUT2D eigenvalue weighted by Gasteiger charge is 2.30. The van der Waals surface area contributed by atoms with Gasteiger partial charge in [-0.3, -0.25) is 14.4 Å². The molecular formula is C14H11F3N2O4. The number of carboxylic acids is 1. The van der Waals surface area contributed by atoms with Crippen LogP contribution in [0.3, 0.4) is 0 Å². The highest BCUT2D eigenvalue weighted by Crippen LogP contribution is 2.30. The van der Waals surface area contributed by atoms with Gasteiger partial charge in [0, 0.05) is 17.1 Å². The number of fused-ring (bicyclic) bond motifs is 1. The molecule has 122 valence electrons. The van der Waals surface area contributed by atoms with Crippen LogP contribution < -0.4 is 10.7 Å². The van der Waals surface area contributed by atoms with Crippen LogP contribution in [0.5, 0.6) is 0 Å². The molecular weight excluding hydrogens is 317 g/mol. The largest absolute Gasteiger partial charge is 0.480 e. The molecule has 0 spiro atoms. The summed E-state index contributed by atoms with van der Waals surface area (Å²) in [4.78, 5) is 37.2. The van der Waals surface area contributed by atoms with Gasteiger partial charge in [-0.25, -0.2) is 0 Å². The van der Waals surface area contributed by atoms with Crippen LogP contribution in [-0.4, -0.2) is 28.0 Å². The Bertz CT molecular complexity index is 842. The van der Waals surface area contributed by atoms with Crippen molar-refractivity contribution in [3.8, 4) is 0 Å². The summed E-state index contributed by atoms with van der Waals surface area (Å²) in [6.07, 6.45) is -3.60. The van der Waals surface area contributed by atoms with Crippen LogP contribution in [0.15, 0.2) is 29.2 Å². The summed E-state index contributed by atoms with van der Waals surface area (Å²) in [7, 11) is 0. The zero-order valence-corrected chi connectivity index (χ0v) is 11.7. The van der Waals surface area contributed by atoms with Crippen molar-refractivity contribution in [2.24, 2.45) is 0 Å². The lowest BCUT2D eigenvalue weighted by Crippen LogP contribution is -2.40. The number of aliphatic carboxylic acids is 1. The molecule has 1 amide bonds. The zero-order chi connectivity index (χ0) is 17.4. The number of H-pyrrole nitrogens is 1. The maximum absolute atomic E-state index is 12.6. The molecule has 0 unspecified atom stereocenters. The topological polar surface area (TPSA) is 99.3 Å². The average Bonchev–Trinajstić information content (AvgIpc) is 2.45. The van der Waals surface area contributed by atoms with Gasteiger partial charge in [0.2, 0.25) is 5.43 Å². The lowest BCUT2D eigenvalue weighted by atomic mass is 10.1. The normalized spacial score (nSPS) is 12.9. The summed E-state index contributed by atoms with van der Waals surface area (Å²) in [5.41, 5.74) is -2.18. The number of rotatable bonds is 3. The maximum Gasteiger partial charge on any atom is 0.416 e. The van der Waals surface area contributed by atoms with E-state index in [1.165, 1.54) is 6.92 Å². The van der Waals surface area contributed by atoms with Gasteiger partial charge >= 0.3 is 12.1 Å². The number of hydrogen-bond acceptors (Lipinski definition) is 3. The van der Waals surface area contributed by atoms with Gasteiger partial charge in [-0.05, 0) is 25.1 Å². The van der Waals surface area contributed by atoms with Gasteiger partial charge in [-0.2, -0.15) is 13.2 Å². The SMILES string of the molecule is C[C@H](NC(=O)c1c[nH]c2cc(C(F)(F)F)ccc2c1=O)C(=O)O. The Balaban J connectivity index is 2.46. The molecule has 2 aromatic rings. The summed E-state index contributed by atoms with van der Waals surface area (Å²) in [6, 6.07) is 1.25. The van der Waals surface area contributed by atoms with Crippen molar-refractivity contribution >= 4 is 22.8 Å². The number of carbonyl (C=O) groups excluding carboxylic acids is 1. The Morgan fingerprint density at radius 2 is 1.96 bits per heavy atom. The highest BCUT2D eigenvalue weighted by molar-refractivity contribution is 5.98. The molecule has 0 aliphatic heterocycles. The first-order valence-corrected chi connectivity index (χ1v) is 6.37. The summed E-state index contributed by atoms with van der Waals surface area (Å²) in [6.45, 7) is 1.21. The first-order chi connectivity index (χ1) is 10.6. The van der Waals surface area contributed by atoms with Crippen molar-refractivity contribution in [2.45, 2.75) is 19.1 Å². The third-order valence-corrected chi connectivity index (χ3v) is 3.17. The summed E-state index contributed by atoms with van der Waals surface area (Å²) < 4.78 is 37.9. The maximum atomic E-state index is 12.6. The van der Waals surface area contributed by atoms with Crippen LogP contribution in [0, 0.1) is 0 Å². The van der Waals surface area contributed by atoms with E-state index in [2.05, 4.69) is 10.3 Å². The third kappa shape index (κ3) is 3.33. The number of hydrogen-bond donors (Lipinski definition) is 3. The molecule has 3 N–H and O–H groups in total. The van der Waals surface area contributed by atoms with Gasteiger partial charge < -0.3 is 15.4 Å². The van der Waals surface area contributed by atoms with E-state index in [9.17, 15) is 27.6 Å². The van der Waals surface area contributed by atoms with E-state index in [1.54, 1.807) is 0 Å². The molecule has 6 nitrogen and oxygen atoms in total. The molecule has 0 saturated heterocycles. The molecule has 0 aliphatic carbocycles. The number of halogens is 3. The molecule has 1 aromatic heterocycles. The van der Waals surface area contributed by atoms with E-state index in [4.69, 9.17) is 5.11 Å². The Kier molecular flexibility index (Phi) is 4.13. The second kappa shape index (κ2) is 5.75. The van der Waals surface area contributed by atoms with Crippen molar-refractivity contribution in [1.82, 2.24) is 10.3 Å². The number of carbonyl (C=O) groups is 2. The molecule has 0 fully saturated rings. The lowest BCUT2D eigenvalue weighted by Gasteiger charge is -2.10. The monoisotopic (exact) mass is 328 g/mol. The highest BCUT2D eigenvalue weighted by atomic mass is 19.4. The Hall–Kier alpha value is -2.84. The average molecular weight is 328 g/mol. The van der Waals surface area contributed by atoms with E-state index in [-0.39, 0.29) is 16.5 Å². The predicted molar refractivity (Wildman–Crippen MR) is 74.1 cm³/mol. The minimum atomic E-state index is -4.56. The number of pyridine rings is 1.